The van der Waals surface area contributed by atoms with Gasteiger partial charge in [0.1, 0.15) is 0 Å². The summed E-state index contributed by atoms with van der Waals surface area (Å²) >= 11 is 5.85. The van der Waals surface area contributed by atoms with Crippen molar-refractivity contribution in [1.82, 2.24) is 10.6 Å². The van der Waals surface area contributed by atoms with E-state index in [0.717, 1.165) is 18.4 Å². The summed E-state index contributed by atoms with van der Waals surface area (Å²) in [4.78, 5) is 11.8. The number of carbonyl (C=O) groups is 1. The molecule has 0 saturated carbocycles. The van der Waals surface area contributed by atoms with Gasteiger partial charge in [0.25, 0.3) is 0 Å². The molecular formula is C14H21ClN2O. The molecule has 0 heterocycles. The molecule has 4 heteroatoms. The van der Waals surface area contributed by atoms with Gasteiger partial charge < -0.3 is 10.6 Å². The maximum Gasteiger partial charge on any atom is 0.315 e. The molecule has 0 aromatic heterocycles. The first kappa shape index (κ1) is 14.8. The van der Waals surface area contributed by atoms with Crippen LogP contribution in [-0.2, 0) is 0 Å². The topological polar surface area (TPSA) is 41.1 Å². The van der Waals surface area contributed by atoms with Crippen LogP contribution in [0.1, 0.15) is 45.2 Å². The van der Waals surface area contributed by atoms with Gasteiger partial charge in [-0.25, -0.2) is 4.79 Å². The van der Waals surface area contributed by atoms with E-state index in [0.29, 0.717) is 5.02 Å². The first-order valence-corrected chi connectivity index (χ1v) is 6.77. The fraction of sp³-hybridized carbons (Fsp3) is 0.500. The summed E-state index contributed by atoms with van der Waals surface area (Å²) in [5.41, 5.74) is 1.07. The van der Waals surface area contributed by atoms with Gasteiger partial charge in [-0.2, -0.15) is 0 Å². The standard InChI is InChI=1S/C14H21ClN2O/c1-4-10(3)16-14(18)17-13(5-2)11-6-8-12(15)9-7-11/h6-10,13H,4-5H2,1-3H3,(H2,16,17,18)/t10-,13+/m1/s1. The number of amides is 2. The zero-order valence-electron chi connectivity index (χ0n) is 11.2. The Morgan fingerprint density at radius 3 is 2.28 bits per heavy atom. The smallest absolute Gasteiger partial charge is 0.315 e. The fourth-order valence-electron chi connectivity index (χ4n) is 1.64. The number of hydrogen-bond donors (Lipinski definition) is 2. The zero-order chi connectivity index (χ0) is 13.5. The molecule has 1 rings (SSSR count). The van der Waals surface area contributed by atoms with Crippen LogP contribution in [0.2, 0.25) is 5.02 Å². The number of hydrogen-bond acceptors (Lipinski definition) is 1. The Hall–Kier alpha value is -1.22. The Morgan fingerprint density at radius 1 is 1.17 bits per heavy atom. The number of urea groups is 1. The molecule has 2 atom stereocenters. The van der Waals surface area contributed by atoms with Crippen molar-refractivity contribution < 1.29 is 4.79 Å². The van der Waals surface area contributed by atoms with E-state index in [-0.39, 0.29) is 18.1 Å². The van der Waals surface area contributed by atoms with E-state index in [1.54, 1.807) is 0 Å². The first-order valence-electron chi connectivity index (χ1n) is 6.39. The maximum atomic E-state index is 11.8. The summed E-state index contributed by atoms with van der Waals surface area (Å²) in [6, 6.07) is 7.66. The maximum absolute atomic E-state index is 11.8. The molecule has 0 saturated heterocycles. The Kier molecular flexibility index (Phi) is 5.99. The minimum atomic E-state index is -0.119. The third-order valence-electron chi connectivity index (χ3n) is 2.98. The van der Waals surface area contributed by atoms with E-state index in [1.165, 1.54) is 0 Å². The lowest BCUT2D eigenvalue weighted by Crippen LogP contribution is -2.42. The van der Waals surface area contributed by atoms with E-state index in [9.17, 15) is 4.79 Å². The molecule has 0 unspecified atom stereocenters. The van der Waals surface area contributed by atoms with Crippen molar-refractivity contribution in [2.45, 2.75) is 45.7 Å². The number of benzene rings is 1. The van der Waals surface area contributed by atoms with Crippen LogP contribution in [-0.4, -0.2) is 12.1 Å². The number of carbonyl (C=O) groups excluding carboxylic acids is 1. The van der Waals surface area contributed by atoms with Crippen LogP contribution in [0.5, 0.6) is 0 Å². The average Bonchev–Trinajstić information content (AvgIpc) is 2.37. The normalized spacial score (nSPS) is 13.8. The lowest BCUT2D eigenvalue weighted by Gasteiger charge is -2.20. The Morgan fingerprint density at radius 2 is 1.78 bits per heavy atom. The van der Waals surface area contributed by atoms with E-state index < -0.39 is 0 Å². The van der Waals surface area contributed by atoms with Crippen molar-refractivity contribution in [2.24, 2.45) is 0 Å². The second-order valence-electron chi connectivity index (χ2n) is 4.44. The van der Waals surface area contributed by atoms with Crippen LogP contribution in [0.15, 0.2) is 24.3 Å². The molecule has 0 aliphatic carbocycles. The average molecular weight is 269 g/mol. The molecule has 18 heavy (non-hydrogen) atoms. The van der Waals surface area contributed by atoms with Crippen molar-refractivity contribution in [3.63, 3.8) is 0 Å². The molecule has 3 nitrogen and oxygen atoms in total. The van der Waals surface area contributed by atoms with Crippen molar-refractivity contribution in [3.05, 3.63) is 34.9 Å². The highest BCUT2D eigenvalue weighted by atomic mass is 35.5. The summed E-state index contributed by atoms with van der Waals surface area (Å²) in [5.74, 6) is 0. The van der Waals surface area contributed by atoms with Crippen LogP contribution >= 0.6 is 11.6 Å². The molecule has 2 amide bonds. The summed E-state index contributed by atoms with van der Waals surface area (Å²) in [6.45, 7) is 6.08. The molecule has 0 bridgehead atoms. The minimum Gasteiger partial charge on any atom is -0.336 e. The van der Waals surface area contributed by atoms with Crippen LogP contribution < -0.4 is 10.6 Å². The molecule has 0 spiro atoms. The van der Waals surface area contributed by atoms with E-state index >= 15 is 0 Å². The third kappa shape index (κ3) is 4.57. The Balaban J connectivity index is 2.61. The molecule has 0 aliphatic heterocycles. The van der Waals surface area contributed by atoms with E-state index in [2.05, 4.69) is 10.6 Å². The van der Waals surface area contributed by atoms with Crippen LogP contribution in [0.25, 0.3) is 0 Å². The van der Waals surface area contributed by atoms with E-state index in [4.69, 9.17) is 11.6 Å². The number of rotatable bonds is 5. The number of halogens is 1. The minimum absolute atomic E-state index is 0.0197. The van der Waals surface area contributed by atoms with E-state index in [1.807, 2.05) is 45.0 Å². The van der Waals surface area contributed by atoms with Gasteiger partial charge in [0.15, 0.2) is 0 Å². The summed E-state index contributed by atoms with van der Waals surface area (Å²) < 4.78 is 0. The van der Waals surface area contributed by atoms with Gasteiger partial charge in [-0.05, 0) is 37.5 Å². The second-order valence-corrected chi connectivity index (χ2v) is 4.88. The number of nitrogens with one attached hydrogen (secondary N) is 2. The van der Waals surface area contributed by atoms with Crippen molar-refractivity contribution in [3.8, 4) is 0 Å². The summed E-state index contributed by atoms with van der Waals surface area (Å²) in [7, 11) is 0. The lowest BCUT2D eigenvalue weighted by atomic mass is 10.1. The van der Waals surface area contributed by atoms with Crippen molar-refractivity contribution in [1.29, 1.82) is 0 Å². The second kappa shape index (κ2) is 7.27. The molecule has 100 valence electrons. The van der Waals surface area contributed by atoms with Crippen LogP contribution in [0.4, 0.5) is 4.79 Å². The molecule has 1 aromatic rings. The quantitative estimate of drug-likeness (QED) is 0.836. The largest absolute Gasteiger partial charge is 0.336 e. The van der Waals surface area contributed by atoms with Gasteiger partial charge in [0.2, 0.25) is 0 Å². The molecule has 0 fully saturated rings. The highest BCUT2D eigenvalue weighted by Crippen LogP contribution is 2.18. The SMILES string of the molecule is CC[C@@H](C)NC(=O)N[C@@H](CC)c1ccc(Cl)cc1. The van der Waals surface area contributed by atoms with Gasteiger partial charge in [-0.15, -0.1) is 0 Å². The summed E-state index contributed by atoms with van der Waals surface area (Å²) in [6.07, 6.45) is 1.76. The molecule has 0 aliphatic rings. The predicted octanol–water partition coefficient (Wildman–Crippen LogP) is 3.89. The van der Waals surface area contributed by atoms with Crippen molar-refractivity contribution in [2.75, 3.05) is 0 Å². The van der Waals surface area contributed by atoms with Gasteiger partial charge in [-0.3, -0.25) is 0 Å². The highest BCUT2D eigenvalue weighted by molar-refractivity contribution is 6.30. The first-order chi connectivity index (χ1) is 8.56. The predicted molar refractivity (Wildman–Crippen MR) is 75.9 cm³/mol. The third-order valence-corrected chi connectivity index (χ3v) is 3.23. The Bertz CT molecular complexity index is 378. The molecule has 1 aromatic carbocycles. The highest BCUT2D eigenvalue weighted by Gasteiger charge is 2.13. The fourth-order valence-corrected chi connectivity index (χ4v) is 1.77. The van der Waals surface area contributed by atoms with Gasteiger partial charge >= 0.3 is 6.03 Å². The lowest BCUT2D eigenvalue weighted by molar-refractivity contribution is 0.233. The summed E-state index contributed by atoms with van der Waals surface area (Å²) in [5, 5.41) is 6.58. The van der Waals surface area contributed by atoms with Crippen molar-refractivity contribution >= 4 is 17.6 Å². The van der Waals surface area contributed by atoms with Crippen LogP contribution in [0, 0.1) is 0 Å². The van der Waals surface area contributed by atoms with Gasteiger partial charge in [0, 0.05) is 11.1 Å². The Labute approximate surface area is 114 Å². The molecule has 0 radical (unpaired) electrons. The zero-order valence-corrected chi connectivity index (χ0v) is 11.9. The van der Waals surface area contributed by atoms with Crippen LogP contribution in [0.3, 0.4) is 0 Å². The van der Waals surface area contributed by atoms with Gasteiger partial charge in [-0.1, -0.05) is 37.6 Å². The molecular weight excluding hydrogens is 248 g/mol. The van der Waals surface area contributed by atoms with Gasteiger partial charge in [0.05, 0.1) is 6.04 Å². The monoisotopic (exact) mass is 268 g/mol. The molecule has 2 N–H and O–H groups in total.